The van der Waals surface area contributed by atoms with E-state index >= 15 is 0 Å². The van der Waals surface area contributed by atoms with Gasteiger partial charge in [0.2, 0.25) is 0 Å². The third-order valence-corrected chi connectivity index (χ3v) is 1.48. The summed E-state index contributed by atoms with van der Waals surface area (Å²) >= 11 is 0. The Labute approximate surface area is 62.9 Å². The van der Waals surface area contributed by atoms with Crippen molar-refractivity contribution in [3.8, 4) is 0 Å². The monoisotopic (exact) mass is 153 g/mol. The maximum Gasteiger partial charge on any atom is 0.0473 e. The molecule has 9 heavy (non-hydrogen) atoms. The molecule has 58 valence electrons. The van der Waals surface area contributed by atoms with Crippen LogP contribution in [0.2, 0.25) is 0 Å². The molecule has 0 fully saturated rings. The number of nitrogens with two attached hydrogens (primary N) is 1. The fraction of sp³-hybridized carbons (Fsp3) is 1.00. The van der Waals surface area contributed by atoms with Crippen molar-refractivity contribution < 1.29 is 5.11 Å². The third-order valence-electron chi connectivity index (χ3n) is 1.48. The summed E-state index contributed by atoms with van der Waals surface area (Å²) in [6.45, 7) is 4.93. The summed E-state index contributed by atoms with van der Waals surface area (Å²) in [7, 11) is 0. The van der Waals surface area contributed by atoms with Crippen molar-refractivity contribution in [2.75, 3.05) is 13.2 Å². The van der Waals surface area contributed by atoms with E-state index in [-0.39, 0.29) is 24.9 Å². The normalized spacial score (nSPS) is 13.0. The number of halogens is 1. The van der Waals surface area contributed by atoms with E-state index < -0.39 is 0 Å². The molecule has 3 heteroatoms. The molecule has 0 aliphatic rings. The maximum atomic E-state index is 8.62. The summed E-state index contributed by atoms with van der Waals surface area (Å²) in [5.74, 6) is 0.792. The van der Waals surface area contributed by atoms with E-state index in [0.717, 1.165) is 0 Å². The van der Waals surface area contributed by atoms with E-state index in [9.17, 15) is 0 Å². The summed E-state index contributed by atoms with van der Waals surface area (Å²) in [5.41, 5.74) is 5.32. The van der Waals surface area contributed by atoms with Crippen LogP contribution in [0.15, 0.2) is 0 Å². The fourth-order valence-electron chi connectivity index (χ4n) is 0.558. The molecule has 0 unspecified atom stereocenters. The van der Waals surface area contributed by atoms with Crippen molar-refractivity contribution >= 4 is 12.4 Å². The van der Waals surface area contributed by atoms with E-state index in [1.165, 1.54) is 0 Å². The molecule has 0 radical (unpaired) electrons. The quantitative estimate of drug-likeness (QED) is 0.625. The predicted octanol–water partition coefficient (Wildman–Crippen LogP) is 0.631. The van der Waals surface area contributed by atoms with Crippen LogP contribution in [0.3, 0.4) is 0 Å². The second-order valence-electron chi connectivity index (χ2n) is 2.42. The van der Waals surface area contributed by atoms with Gasteiger partial charge in [-0.3, -0.25) is 0 Å². The number of rotatable bonds is 3. The van der Waals surface area contributed by atoms with Gasteiger partial charge in [-0.05, 0) is 18.4 Å². The molecule has 0 aromatic heterocycles. The van der Waals surface area contributed by atoms with Gasteiger partial charge in [0.15, 0.2) is 0 Å². The van der Waals surface area contributed by atoms with Crippen LogP contribution in [0.1, 0.15) is 13.8 Å². The largest absolute Gasteiger partial charge is 0.396 e. The van der Waals surface area contributed by atoms with Crippen LogP contribution in [-0.4, -0.2) is 18.3 Å². The zero-order valence-corrected chi connectivity index (χ0v) is 6.82. The summed E-state index contributed by atoms with van der Waals surface area (Å²) in [6, 6.07) is 0. The Balaban J connectivity index is 0. The highest BCUT2D eigenvalue weighted by Gasteiger charge is 2.07. The summed E-state index contributed by atoms with van der Waals surface area (Å²) in [6.07, 6.45) is 0. The van der Waals surface area contributed by atoms with Crippen molar-refractivity contribution in [1.82, 2.24) is 0 Å². The van der Waals surface area contributed by atoms with Crippen molar-refractivity contribution in [1.29, 1.82) is 0 Å². The Kier molecular flexibility index (Phi) is 8.40. The van der Waals surface area contributed by atoms with Gasteiger partial charge in [-0.25, -0.2) is 0 Å². The Hall–Kier alpha value is 0.210. The SMILES string of the molecule is CC(C)[C@@H](CN)CO.Cl. The molecule has 0 aromatic rings. The molecule has 0 aliphatic heterocycles. The highest BCUT2D eigenvalue weighted by Crippen LogP contribution is 2.06. The van der Waals surface area contributed by atoms with E-state index in [0.29, 0.717) is 12.5 Å². The van der Waals surface area contributed by atoms with Crippen LogP contribution in [0, 0.1) is 11.8 Å². The van der Waals surface area contributed by atoms with Gasteiger partial charge in [0.1, 0.15) is 0 Å². The molecule has 0 saturated heterocycles. The topological polar surface area (TPSA) is 46.2 Å². The lowest BCUT2D eigenvalue weighted by Crippen LogP contribution is -2.22. The second kappa shape index (κ2) is 6.33. The lowest BCUT2D eigenvalue weighted by atomic mass is 9.97. The van der Waals surface area contributed by atoms with E-state index in [4.69, 9.17) is 10.8 Å². The van der Waals surface area contributed by atoms with Crippen LogP contribution in [-0.2, 0) is 0 Å². The first-order valence-corrected chi connectivity index (χ1v) is 3.03. The molecule has 0 bridgehead atoms. The molecule has 0 heterocycles. The van der Waals surface area contributed by atoms with Gasteiger partial charge in [-0.1, -0.05) is 13.8 Å². The van der Waals surface area contributed by atoms with Crippen molar-refractivity contribution in [2.24, 2.45) is 17.6 Å². The first-order chi connectivity index (χ1) is 3.72. The van der Waals surface area contributed by atoms with E-state index in [1.807, 2.05) is 0 Å². The van der Waals surface area contributed by atoms with Gasteiger partial charge in [-0.2, -0.15) is 0 Å². The Bertz CT molecular complexity index is 55.0. The highest BCUT2D eigenvalue weighted by atomic mass is 35.5. The van der Waals surface area contributed by atoms with Gasteiger partial charge in [-0.15, -0.1) is 12.4 Å². The van der Waals surface area contributed by atoms with Crippen LogP contribution in [0.25, 0.3) is 0 Å². The average molecular weight is 154 g/mol. The zero-order chi connectivity index (χ0) is 6.57. The van der Waals surface area contributed by atoms with Gasteiger partial charge in [0, 0.05) is 6.61 Å². The highest BCUT2D eigenvalue weighted by molar-refractivity contribution is 5.85. The lowest BCUT2D eigenvalue weighted by Gasteiger charge is -2.14. The van der Waals surface area contributed by atoms with Gasteiger partial charge < -0.3 is 10.8 Å². The minimum atomic E-state index is 0. The standard InChI is InChI=1S/C6H15NO.ClH/c1-5(2)6(3-7)4-8;/h5-6,8H,3-4,7H2,1-2H3;1H/t6-;/m0./s1. The molecule has 0 spiro atoms. The third kappa shape index (κ3) is 4.70. The molecule has 0 amide bonds. The van der Waals surface area contributed by atoms with Crippen LogP contribution in [0.4, 0.5) is 0 Å². The molecule has 2 nitrogen and oxygen atoms in total. The molecule has 0 aromatic carbocycles. The van der Waals surface area contributed by atoms with E-state index in [2.05, 4.69) is 13.8 Å². The lowest BCUT2D eigenvalue weighted by molar-refractivity contribution is 0.195. The van der Waals surface area contributed by atoms with Crippen molar-refractivity contribution in [2.45, 2.75) is 13.8 Å². The summed E-state index contributed by atoms with van der Waals surface area (Å²) in [5, 5.41) is 8.62. The Morgan fingerprint density at radius 2 is 1.89 bits per heavy atom. The minimum Gasteiger partial charge on any atom is -0.396 e. The predicted molar refractivity (Wildman–Crippen MR) is 41.7 cm³/mol. The summed E-state index contributed by atoms with van der Waals surface area (Å²) < 4.78 is 0. The fourth-order valence-corrected chi connectivity index (χ4v) is 0.558. The first-order valence-electron chi connectivity index (χ1n) is 3.03. The molecular formula is C6H16ClNO. The Morgan fingerprint density at radius 3 is 1.89 bits per heavy atom. The molecule has 3 N–H and O–H groups in total. The average Bonchev–Trinajstić information content (AvgIpc) is 1.69. The van der Waals surface area contributed by atoms with E-state index in [1.54, 1.807) is 0 Å². The zero-order valence-electron chi connectivity index (χ0n) is 6.00. The number of aliphatic hydroxyl groups excluding tert-OH is 1. The molecule has 0 rings (SSSR count). The van der Waals surface area contributed by atoms with Crippen LogP contribution < -0.4 is 5.73 Å². The molecule has 0 aliphatic carbocycles. The van der Waals surface area contributed by atoms with Gasteiger partial charge in [0.05, 0.1) is 0 Å². The minimum absolute atomic E-state index is 0. The van der Waals surface area contributed by atoms with Gasteiger partial charge in [0.25, 0.3) is 0 Å². The number of hydrogen-bond acceptors (Lipinski definition) is 2. The number of aliphatic hydroxyl groups is 1. The second-order valence-corrected chi connectivity index (χ2v) is 2.42. The molecule has 0 saturated carbocycles. The Morgan fingerprint density at radius 1 is 1.44 bits per heavy atom. The summed E-state index contributed by atoms with van der Waals surface area (Å²) in [4.78, 5) is 0. The maximum absolute atomic E-state index is 8.62. The van der Waals surface area contributed by atoms with Gasteiger partial charge >= 0.3 is 0 Å². The van der Waals surface area contributed by atoms with Crippen molar-refractivity contribution in [3.05, 3.63) is 0 Å². The van der Waals surface area contributed by atoms with Crippen LogP contribution in [0.5, 0.6) is 0 Å². The smallest absolute Gasteiger partial charge is 0.0473 e. The molecule has 1 atom stereocenters. The van der Waals surface area contributed by atoms with Crippen LogP contribution >= 0.6 is 12.4 Å². The molecular weight excluding hydrogens is 138 g/mol. The first kappa shape index (κ1) is 11.9. The van der Waals surface area contributed by atoms with Crippen molar-refractivity contribution in [3.63, 3.8) is 0 Å². The number of hydrogen-bond donors (Lipinski definition) is 2.